The number of nitrogens with one attached hydrogen (secondary N) is 1. The van der Waals surface area contributed by atoms with E-state index in [1.54, 1.807) is 18.5 Å². The molecule has 0 unspecified atom stereocenters. The predicted octanol–water partition coefficient (Wildman–Crippen LogP) is 2.44. The maximum atomic E-state index is 12.2. The maximum Gasteiger partial charge on any atom is 0.267 e. The molecule has 2 aromatic rings. The number of rotatable bonds is 3. The Balaban J connectivity index is 2.17. The van der Waals surface area contributed by atoms with Gasteiger partial charge in [-0.3, -0.25) is 9.78 Å². The number of pyridine rings is 1. The third-order valence-electron chi connectivity index (χ3n) is 2.60. The fraction of sp³-hybridized carbons (Fsp3) is 0.200. The molecule has 2 rings (SSSR count). The van der Waals surface area contributed by atoms with Gasteiger partial charge in [-0.15, -0.1) is 11.3 Å². The molecule has 0 aromatic carbocycles. The van der Waals surface area contributed by atoms with Crippen LogP contribution in [0.1, 0.15) is 27.2 Å². The van der Waals surface area contributed by atoms with E-state index in [4.69, 9.17) is 5.11 Å². The van der Waals surface area contributed by atoms with Gasteiger partial charge in [0.05, 0.1) is 6.61 Å². The fourth-order valence-corrected chi connectivity index (χ4v) is 2.33. The number of aromatic nitrogens is 1. The van der Waals surface area contributed by atoms with E-state index in [-0.39, 0.29) is 12.5 Å². The Morgan fingerprint density at radius 3 is 3.10 bits per heavy atom. The number of aliphatic hydroxyl groups excluding tert-OH is 1. The normalized spacial score (nSPS) is 9.70. The van der Waals surface area contributed by atoms with Crippen LogP contribution in [0.3, 0.4) is 0 Å². The molecule has 5 heteroatoms. The van der Waals surface area contributed by atoms with Gasteiger partial charge in [-0.1, -0.05) is 11.8 Å². The predicted molar refractivity (Wildman–Crippen MR) is 79.8 cm³/mol. The van der Waals surface area contributed by atoms with E-state index in [2.05, 4.69) is 22.1 Å². The van der Waals surface area contributed by atoms with Crippen molar-refractivity contribution in [1.82, 2.24) is 4.98 Å². The first kappa shape index (κ1) is 14.3. The lowest BCUT2D eigenvalue weighted by molar-refractivity contribution is 0.103. The smallest absolute Gasteiger partial charge is 0.267 e. The van der Waals surface area contributed by atoms with E-state index in [0.29, 0.717) is 16.9 Å². The van der Waals surface area contributed by atoms with Crippen LogP contribution in [-0.4, -0.2) is 22.6 Å². The molecule has 1 amide bonds. The number of carbonyl (C=O) groups is 1. The van der Waals surface area contributed by atoms with Crippen LogP contribution < -0.4 is 5.32 Å². The minimum absolute atomic E-state index is 0.0227. The lowest BCUT2D eigenvalue weighted by atomic mass is 10.2. The molecular formula is C15H14N2O2S. The van der Waals surface area contributed by atoms with E-state index < -0.39 is 0 Å². The second kappa shape index (κ2) is 6.85. The molecule has 0 fully saturated rings. The van der Waals surface area contributed by atoms with E-state index in [1.165, 1.54) is 11.3 Å². The second-order valence-corrected chi connectivity index (χ2v) is 5.00. The molecule has 4 nitrogen and oxygen atoms in total. The first-order chi connectivity index (χ1) is 9.72. The molecule has 2 N–H and O–H groups in total. The number of aliphatic hydroxyl groups is 1. The zero-order valence-corrected chi connectivity index (χ0v) is 11.8. The summed E-state index contributed by atoms with van der Waals surface area (Å²) < 4.78 is 0. The van der Waals surface area contributed by atoms with Gasteiger partial charge < -0.3 is 10.4 Å². The zero-order valence-electron chi connectivity index (χ0n) is 11.0. The van der Waals surface area contributed by atoms with Gasteiger partial charge in [0, 0.05) is 30.1 Å². The van der Waals surface area contributed by atoms with Gasteiger partial charge in [0.25, 0.3) is 5.91 Å². The summed E-state index contributed by atoms with van der Waals surface area (Å²) in [5, 5.41) is 13.4. The lowest BCUT2D eigenvalue weighted by Gasteiger charge is -2.06. The van der Waals surface area contributed by atoms with Gasteiger partial charge in [0.2, 0.25) is 0 Å². The standard InChI is InChI=1S/C15H14N2O2S/c1-11-10-16-7-5-13(11)17-15(19)14-12(6-9-20-14)4-2-3-8-18/h5-7,9-10,18H,3,8H2,1H3,(H,16,17,19). The first-order valence-electron chi connectivity index (χ1n) is 6.11. The molecule has 0 aliphatic heterocycles. The molecule has 0 aliphatic rings. The summed E-state index contributed by atoms with van der Waals surface area (Å²) in [7, 11) is 0. The van der Waals surface area contributed by atoms with Crippen LogP contribution in [0.4, 0.5) is 5.69 Å². The van der Waals surface area contributed by atoms with Crippen molar-refractivity contribution in [3.63, 3.8) is 0 Å². The summed E-state index contributed by atoms with van der Waals surface area (Å²) >= 11 is 1.35. The van der Waals surface area contributed by atoms with Crippen molar-refractivity contribution in [2.24, 2.45) is 0 Å². The van der Waals surface area contributed by atoms with Crippen LogP contribution in [0.5, 0.6) is 0 Å². The summed E-state index contributed by atoms with van der Waals surface area (Å²) in [6.45, 7) is 1.91. The Bertz CT molecular complexity index is 668. The third-order valence-corrected chi connectivity index (χ3v) is 3.51. The molecular weight excluding hydrogens is 272 g/mol. The van der Waals surface area contributed by atoms with Gasteiger partial charge in [-0.05, 0) is 30.0 Å². The SMILES string of the molecule is Cc1cnccc1NC(=O)c1sccc1C#CCCO. The average molecular weight is 286 g/mol. The Hall–Kier alpha value is -2.16. The Labute approximate surface area is 121 Å². The number of thiophene rings is 1. The van der Waals surface area contributed by atoms with Crippen molar-refractivity contribution in [2.75, 3.05) is 11.9 Å². The van der Waals surface area contributed by atoms with E-state index in [0.717, 1.165) is 11.3 Å². The van der Waals surface area contributed by atoms with Gasteiger partial charge in [-0.25, -0.2) is 0 Å². The molecule has 0 saturated heterocycles. The highest BCUT2D eigenvalue weighted by molar-refractivity contribution is 7.12. The van der Waals surface area contributed by atoms with Crippen molar-refractivity contribution < 1.29 is 9.90 Å². The Morgan fingerprint density at radius 1 is 1.50 bits per heavy atom. The molecule has 2 aromatic heterocycles. The largest absolute Gasteiger partial charge is 0.395 e. The number of amides is 1. The van der Waals surface area contributed by atoms with Crippen LogP contribution in [0.25, 0.3) is 0 Å². The summed E-state index contributed by atoms with van der Waals surface area (Å²) in [4.78, 5) is 16.8. The minimum atomic E-state index is -0.178. The summed E-state index contributed by atoms with van der Waals surface area (Å²) in [5.74, 6) is 5.55. The minimum Gasteiger partial charge on any atom is -0.395 e. The van der Waals surface area contributed by atoms with Gasteiger partial charge >= 0.3 is 0 Å². The first-order valence-corrected chi connectivity index (χ1v) is 6.99. The average Bonchev–Trinajstić information content (AvgIpc) is 2.90. The van der Waals surface area contributed by atoms with Crippen LogP contribution in [0.15, 0.2) is 29.9 Å². The molecule has 20 heavy (non-hydrogen) atoms. The van der Waals surface area contributed by atoms with Crippen LogP contribution >= 0.6 is 11.3 Å². The third kappa shape index (κ3) is 3.44. The quantitative estimate of drug-likeness (QED) is 0.852. The van der Waals surface area contributed by atoms with E-state index >= 15 is 0 Å². The fourth-order valence-electron chi connectivity index (χ4n) is 1.59. The van der Waals surface area contributed by atoms with E-state index in [1.807, 2.05) is 18.4 Å². The number of nitrogens with zero attached hydrogens (tertiary/aromatic N) is 1. The van der Waals surface area contributed by atoms with E-state index in [9.17, 15) is 4.79 Å². The van der Waals surface area contributed by atoms with Crippen molar-refractivity contribution in [2.45, 2.75) is 13.3 Å². The maximum absolute atomic E-state index is 12.2. The summed E-state index contributed by atoms with van der Waals surface area (Å²) in [6.07, 6.45) is 3.74. The van der Waals surface area contributed by atoms with Crippen LogP contribution in [0, 0.1) is 18.8 Å². The number of hydrogen-bond acceptors (Lipinski definition) is 4. The molecule has 0 spiro atoms. The van der Waals surface area contributed by atoms with Crippen molar-refractivity contribution >= 4 is 22.9 Å². The molecule has 0 bridgehead atoms. The number of aryl methyl sites for hydroxylation is 1. The second-order valence-electron chi connectivity index (χ2n) is 4.08. The summed E-state index contributed by atoms with van der Waals surface area (Å²) in [6, 6.07) is 3.57. The molecule has 0 saturated carbocycles. The summed E-state index contributed by atoms with van der Waals surface area (Å²) in [5.41, 5.74) is 2.34. The Morgan fingerprint density at radius 2 is 2.35 bits per heavy atom. The highest BCUT2D eigenvalue weighted by Crippen LogP contribution is 2.19. The highest BCUT2D eigenvalue weighted by atomic mass is 32.1. The zero-order chi connectivity index (χ0) is 14.4. The van der Waals surface area contributed by atoms with Crippen LogP contribution in [-0.2, 0) is 0 Å². The van der Waals surface area contributed by atoms with Crippen molar-refractivity contribution in [3.8, 4) is 11.8 Å². The Kier molecular flexibility index (Phi) is 4.88. The molecule has 0 aliphatic carbocycles. The van der Waals surface area contributed by atoms with Crippen molar-refractivity contribution in [3.05, 3.63) is 45.9 Å². The molecule has 0 radical (unpaired) electrons. The lowest BCUT2D eigenvalue weighted by Crippen LogP contribution is -2.12. The monoisotopic (exact) mass is 286 g/mol. The van der Waals surface area contributed by atoms with Crippen molar-refractivity contribution in [1.29, 1.82) is 0 Å². The number of hydrogen-bond donors (Lipinski definition) is 2. The van der Waals surface area contributed by atoms with Crippen LogP contribution in [0.2, 0.25) is 0 Å². The molecule has 102 valence electrons. The van der Waals surface area contributed by atoms with Gasteiger partial charge in [0.15, 0.2) is 0 Å². The van der Waals surface area contributed by atoms with Gasteiger partial charge in [0.1, 0.15) is 4.88 Å². The highest BCUT2D eigenvalue weighted by Gasteiger charge is 2.13. The topological polar surface area (TPSA) is 62.2 Å². The van der Waals surface area contributed by atoms with Gasteiger partial charge in [-0.2, -0.15) is 0 Å². The molecule has 0 atom stereocenters. The number of carbonyl (C=O) groups excluding carboxylic acids is 1. The number of anilines is 1. The molecule has 2 heterocycles.